The normalized spacial score (nSPS) is 11.4. The number of anilines is 1. The number of carbonyl (C=O) groups excluding carboxylic acids is 2. The Labute approximate surface area is 187 Å². The smallest absolute Gasteiger partial charge is 0.303 e. The van der Waals surface area contributed by atoms with Gasteiger partial charge < -0.3 is 10.4 Å². The molecule has 0 saturated carbocycles. The van der Waals surface area contributed by atoms with E-state index in [0.29, 0.717) is 21.3 Å². The fourth-order valence-electron chi connectivity index (χ4n) is 2.83. The molecule has 1 aromatic heterocycles. The first kappa shape index (κ1) is 22.5. The SMILES string of the molecule is C/C(=N\NC(=O)c1sc2ccccc2c1Cl)c1ccc(NC(=O)CCCC(=O)O)cc1. The van der Waals surface area contributed by atoms with Crippen LogP contribution >= 0.6 is 22.9 Å². The number of rotatable bonds is 8. The van der Waals surface area contributed by atoms with Crippen LogP contribution in [-0.2, 0) is 9.59 Å². The van der Waals surface area contributed by atoms with E-state index in [1.807, 2.05) is 24.3 Å². The van der Waals surface area contributed by atoms with Gasteiger partial charge in [-0.15, -0.1) is 11.3 Å². The zero-order valence-electron chi connectivity index (χ0n) is 16.6. The van der Waals surface area contributed by atoms with E-state index in [4.69, 9.17) is 16.7 Å². The highest BCUT2D eigenvalue weighted by atomic mass is 35.5. The molecule has 0 aliphatic carbocycles. The molecule has 31 heavy (non-hydrogen) atoms. The third kappa shape index (κ3) is 5.90. The van der Waals surface area contributed by atoms with Crippen LogP contribution in [0.5, 0.6) is 0 Å². The minimum atomic E-state index is -0.923. The van der Waals surface area contributed by atoms with Gasteiger partial charge in [0.1, 0.15) is 4.88 Å². The quantitative estimate of drug-likeness (QED) is 0.330. The van der Waals surface area contributed by atoms with Gasteiger partial charge in [0.2, 0.25) is 5.91 Å². The predicted octanol–water partition coefficient (Wildman–Crippen LogP) is 4.90. The van der Waals surface area contributed by atoms with E-state index < -0.39 is 5.97 Å². The summed E-state index contributed by atoms with van der Waals surface area (Å²) < 4.78 is 0.930. The number of carbonyl (C=O) groups is 3. The highest BCUT2D eigenvalue weighted by Gasteiger charge is 2.16. The second kappa shape index (κ2) is 10.2. The number of carboxylic acids is 1. The molecule has 2 aromatic carbocycles. The van der Waals surface area contributed by atoms with E-state index in [2.05, 4.69) is 15.8 Å². The monoisotopic (exact) mass is 457 g/mol. The number of thiophene rings is 1. The molecule has 2 amide bonds. The van der Waals surface area contributed by atoms with E-state index >= 15 is 0 Å². The van der Waals surface area contributed by atoms with Crippen molar-refractivity contribution < 1.29 is 19.5 Å². The minimum Gasteiger partial charge on any atom is -0.481 e. The van der Waals surface area contributed by atoms with Crippen molar-refractivity contribution >= 4 is 62.2 Å². The molecule has 0 aliphatic rings. The van der Waals surface area contributed by atoms with Crippen molar-refractivity contribution in [2.75, 3.05) is 5.32 Å². The topological polar surface area (TPSA) is 108 Å². The summed E-state index contributed by atoms with van der Waals surface area (Å²) in [6.07, 6.45) is 0.385. The van der Waals surface area contributed by atoms with Crippen molar-refractivity contribution in [1.82, 2.24) is 5.43 Å². The number of nitrogens with one attached hydrogen (secondary N) is 2. The Balaban J connectivity index is 1.59. The average molecular weight is 458 g/mol. The predicted molar refractivity (Wildman–Crippen MR) is 123 cm³/mol. The van der Waals surface area contributed by atoms with Crippen LogP contribution in [0.15, 0.2) is 53.6 Å². The van der Waals surface area contributed by atoms with Crippen LogP contribution in [0, 0.1) is 0 Å². The molecule has 3 N–H and O–H groups in total. The molecule has 0 saturated heterocycles. The first-order chi connectivity index (χ1) is 14.8. The van der Waals surface area contributed by atoms with E-state index in [0.717, 1.165) is 15.6 Å². The van der Waals surface area contributed by atoms with Crippen LogP contribution in [0.2, 0.25) is 5.02 Å². The minimum absolute atomic E-state index is 0.0412. The van der Waals surface area contributed by atoms with Gasteiger partial charge in [0.25, 0.3) is 5.91 Å². The lowest BCUT2D eigenvalue weighted by molar-refractivity contribution is -0.137. The Kier molecular flexibility index (Phi) is 7.38. The summed E-state index contributed by atoms with van der Waals surface area (Å²) in [5.41, 5.74) is 4.49. The van der Waals surface area contributed by atoms with Crippen LogP contribution in [-0.4, -0.2) is 28.6 Å². The molecule has 3 rings (SSSR count). The maximum atomic E-state index is 12.5. The Bertz CT molecular complexity index is 1160. The van der Waals surface area contributed by atoms with Crippen molar-refractivity contribution in [3.63, 3.8) is 0 Å². The number of halogens is 1. The van der Waals surface area contributed by atoms with Gasteiger partial charge in [0.15, 0.2) is 0 Å². The second-order valence-corrected chi connectivity index (χ2v) is 8.18. The van der Waals surface area contributed by atoms with E-state index in [9.17, 15) is 14.4 Å². The number of nitrogens with zero attached hydrogens (tertiary/aromatic N) is 1. The lowest BCUT2D eigenvalue weighted by atomic mass is 10.1. The van der Waals surface area contributed by atoms with Gasteiger partial charge in [0, 0.05) is 28.6 Å². The second-order valence-electron chi connectivity index (χ2n) is 6.75. The Morgan fingerprint density at radius 2 is 1.77 bits per heavy atom. The fraction of sp³-hybridized carbons (Fsp3) is 0.182. The van der Waals surface area contributed by atoms with Crippen LogP contribution in [0.3, 0.4) is 0 Å². The van der Waals surface area contributed by atoms with E-state index in [1.165, 1.54) is 11.3 Å². The molecule has 7 nitrogen and oxygen atoms in total. The van der Waals surface area contributed by atoms with Crippen molar-refractivity contribution in [3.05, 3.63) is 64.0 Å². The van der Waals surface area contributed by atoms with Crippen molar-refractivity contribution in [2.45, 2.75) is 26.2 Å². The fourth-order valence-corrected chi connectivity index (χ4v) is 4.24. The van der Waals surface area contributed by atoms with Gasteiger partial charge in [-0.05, 0) is 37.1 Å². The number of amides is 2. The summed E-state index contributed by atoms with van der Waals surface area (Å²) in [5, 5.41) is 16.7. The van der Waals surface area contributed by atoms with Crippen molar-refractivity contribution in [3.8, 4) is 0 Å². The summed E-state index contributed by atoms with van der Waals surface area (Å²) in [4.78, 5) is 35.2. The zero-order valence-corrected chi connectivity index (χ0v) is 18.2. The van der Waals surface area contributed by atoms with E-state index in [1.54, 1.807) is 31.2 Å². The molecule has 0 atom stereocenters. The highest BCUT2D eigenvalue weighted by molar-refractivity contribution is 7.21. The number of hydrogen-bond acceptors (Lipinski definition) is 5. The lowest BCUT2D eigenvalue weighted by Crippen LogP contribution is -2.18. The molecular formula is C22H20ClN3O4S. The van der Waals surface area contributed by atoms with E-state index in [-0.39, 0.29) is 31.1 Å². The number of aliphatic carboxylic acids is 1. The summed E-state index contributed by atoms with van der Waals surface area (Å²) in [5.74, 6) is -1.55. The molecule has 9 heteroatoms. The van der Waals surface area contributed by atoms with Crippen molar-refractivity contribution in [1.29, 1.82) is 0 Å². The van der Waals surface area contributed by atoms with Crippen LogP contribution < -0.4 is 10.7 Å². The molecule has 0 fully saturated rings. The highest BCUT2D eigenvalue weighted by Crippen LogP contribution is 2.34. The summed E-state index contributed by atoms with van der Waals surface area (Å²) in [6, 6.07) is 14.5. The summed E-state index contributed by atoms with van der Waals surface area (Å²) >= 11 is 7.64. The molecule has 1 heterocycles. The molecular weight excluding hydrogens is 438 g/mol. The standard InChI is InChI=1S/C22H20ClN3O4S/c1-13(14-9-11-15(12-10-14)24-18(27)7-4-8-19(28)29)25-26-22(30)21-20(23)16-5-2-3-6-17(16)31-21/h2-3,5-6,9-12H,4,7-8H2,1H3,(H,24,27)(H,26,30)(H,28,29)/b25-13+. The third-order valence-corrected chi connectivity index (χ3v) is 6.12. The molecule has 0 spiro atoms. The Hall–Kier alpha value is -3.23. The van der Waals surface area contributed by atoms with Gasteiger partial charge in [-0.25, -0.2) is 5.43 Å². The number of benzene rings is 2. The zero-order chi connectivity index (χ0) is 22.4. The average Bonchev–Trinajstić information content (AvgIpc) is 3.09. The Morgan fingerprint density at radius 3 is 2.45 bits per heavy atom. The number of fused-ring (bicyclic) bond motifs is 1. The van der Waals surface area contributed by atoms with Gasteiger partial charge in [0.05, 0.1) is 10.7 Å². The molecule has 3 aromatic rings. The van der Waals surface area contributed by atoms with Gasteiger partial charge >= 0.3 is 5.97 Å². The summed E-state index contributed by atoms with van der Waals surface area (Å²) in [7, 11) is 0. The van der Waals surface area contributed by atoms with Crippen molar-refractivity contribution in [2.24, 2.45) is 5.10 Å². The van der Waals surface area contributed by atoms with Crippen LogP contribution in [0.1, 0.15) is 41.4 Å². The van der Waals surface area contributed by atoms with Gasteiger partial charge in [-0.3, -0.25) is 14.4 Å². The molecule has 0 bridgehead atoms. The number of hydrazone groups is 1. The number of carboxylic acid groups (broad SMARTS) is 1. The maximum absolute atomic E-state index is 12.5. The number of hydrogen-bond donors (Lipinski definition) is 3. The molecule has 0 unspecified atom stereocenters. The van der Waals surface area contributed by atoms with Gasteiger partial charge in [-0.1, -0.05) is 41.9 Å². The van der Waals surface area contributed by atoms with Crippen LogP contribution in [0.25, 0.3) is 10.1 Å². The lowest BCUT2D eigenvalue weighted by Gasteiger charge is -2.07. The molecule has 0 aliphatic heterocycles. The maximum Gasteiger partial charge on any atom is 0.303 e. The Morgan fingerprint density at radius 1 is 1.06 bits per heavy atom. The van der Waals surface area contributed by atoms with Gasteiger partial charge in [-0.2, -0.15) is 5.10 Å². The molecule has 0 radical (unpaired) electrons. The third-order valence-electron chi connectivity index (χ3n) is 4.45. The first-order valence-electron chi connectivity index (χ1n) is 9.49. The molecule has 160 valence electrons. The largest absolute Gasteiger partial charge is 0.481 e. The van der Waals surface area contributed by atoms with Crippen LogP contribution in [0.4, 0.5) is 5.69 Å². The summed E-state index contributed by atoms with van der Waals surface area (Å²) in [6.45, 7) is 1.76. The first-order valence-corrected chi connectivity index (χ1v) is 10.7.